The molecule has 1 heterocycles. The van der Waals surface area contributed by atoms with Gasteiger partial charge in [-0.1, -0.05) is 27.7 Å². The fourth-order valence-corrected chi connectivity index (χ4v) is 2.07. The van der Waals surface area contributed by atoms with Crippen molar-refractivity contribution in [2.45, 2.75) is 47.5 Å². The average molecular weight is 197 g/mol. The Morgan fingerprint density at radius 1 is 1.21 bits per heavy atom. The summed E-state index contributed by atoms with van der Waals surface area (Å²) in [7, 11) is 0. The molecule has 0 aliphatic carbocycles. The van der Waals surface area contributed by atoms with Crippen molar-refractivity contribution >= 4 is 5.91 Å². The zero-order valence-corrected chi connectivity index (χ0v) is 10.2. The van der Waals surface area contributed by atoms with E-state index >= 15 is 0 Å². The average Bonchev–Trinajstić information content (AvgIpc) is 2.03. The van der Waals surface area contributed by atoms with Gasteiger partial charge in [0.2, 0.25) is 5.91 Å². The molecule has 2 nitrogen and oxygen atoms in total. The first-order chi connectivity index (χ1) is 6.26. The van der Waals surface area contributed by atoms with Gasteiger partial charge in [0, 0.05) is 20.0 Å². The van der Waals surface area contributed by atoms with Gasteiger partial charge >= 0.3 is 0 Å². The number of piperidine rings is 1. The standard InChI is InChI=1S/C12H23NO/c1-10(14)13-8-6-12(5,7-9-13)11(2,3)4/h6-9H2,1-5H3. The molecule has 0 N–H and O–H groups in total. The second-order valence-corrected chi connectivity index (χ2v) is 5.82. The van der Waals surface area contributed by atoms with Gasteiger partial charge < -0.3 is 4.90 Å². The van der Waals surface area contributed by atoms with Gasteiger partial charge in [0.05, 0.1) is 0 Å². The van der Waals surface area contributed by atoms with Crippen LogP contribution < -0.4 is 0 Å². The third kappa shape index (κ3) is 2.10. The summed E-state index contributed by atoms with van der Waals surface area (Å²) in [5.74, 6) is 0.223. The van der Waals surface area contributed by atoms with E-state index in [4.69, 9.17) is 0 Å². The van der Waals surface area contributed by atoms with Crippen LogP contribution in [0.25, 0.3) is 0 Å². The summed E-state index contributed by atoms with van der Waals surface area (Å²) in [5, 5.41) is 0. The monoisotopic (exact) mass is 197 g/mol. The fourth-order valence-electron chi connectivity index (χ4n) is 2.07. The third-order valence-electron chi connectivity index (χ3n) is 4.12. The summed E-state index contributed by atoms with van der Waals surface area (Å²) in [4.78, 5) is 13.2. The van der Waals surface area contributed by atoms with Crippen LogP contribution in [0.1, 0.15) is 47.5 Å². The molecule has 0 radical (unpaired) electrons. The number of carbonyl (C=O) groups is 1. The molecule has 1 amide bonds. The molecule has 0 saturated carbocycles. The summed E-state index contributed by atoms with van der Waals surface area (Å²) in [6.45, 7) is 12.8. The lowest BCUT2D eigenvalue weighted by atomic mass is 9.63. The summed E-state index contributed by atoms with van der Waals surface area (Å²) in [5.41, 5.74) is 0.731. The van der Waals surface area contributed by atoms with Crippen LogP contribution in [0.3, 0.4) is 0 Å². The second kappa shape index (κ2) is 3.56. The number of likely N-dealkylation sites (tertiary alicyclic amines) is 1. The number of nitrogens with zero attached hydrogens (tertiary/aromatic N) is 1. The number of carbonyl (C=O) groups excluding carboxylic acids is 1. The lowest BCUT2D eigenvalue weighted by Crippen LogP contribution is -2.46. The van der Waals surface area contributed by atoms with Gasteiger partial charge in [-0.3, -0.25) is 4.79 Å². The molecule has 0 aromatic carbocycles. The maximum absolute atomic E-state index is 11.2. The van der Waals surface area contributed by atoms with Crippen LogP contribution in [0.15, 0.2) is 0 Å². The molecule has 1 rings (SSSR count). The molecular formula is C12H23NO. The predicted octanol–water partition coefficient (Wildman–Crippen LogP) is 2.68. The zero-order valence-electron chi connectivity index (χ0n) is 10.2. The quantitative estimate of drug-likeness (QED) is 0.584. The Morgan fingerprint density at radius 2 is 1.64 bits per heavy atom. The number of amides is 1. The maximum atomic E-state index is 11.2. The highest BCUT2D eigenvalue weighted by atomic mass is 16.2. The SMILES string of the molecule is CC(=O)N1CCC(C)(C(C)(C)C)CC1. The van der Waals surface area contributed by atoms with Gasteiger partial charge in [-0.25, -0.2) is 0 Å². The lowest BCUT2D eigenvalue weighted by Gasteiger charge is -2.47. The van der Waals surface area contributed by atoms with Crippen LogP contribution in [0, 0.1) is 10.8 Å². The summed E-state index contributed by atoms with van der Waals surface area (Å²) in [6, 6.07) is 0. The van der Waals surface area contributed by atoms with Gasteiger partial charge in [-0.15, -0.1) is 0 Å². The van der Waals surface area contributed by atoms with Crippen molar-refractivity contribution in [3.63, 3.8) is 0 Å². The molecular weight excluding hydrogens is 174 g/mol. The fraction of sp³-hybridized carbons (Fsp3) is 0.917. The van der Waals surface area contributed by atoms with E-state index in [0.29, 0.717) is 10.8 Å². The molecule has 0 bridgehead atoms. The van der Waals surface area contributed by atoms with Crippen molar-refractivity contribution in [1.82, 2.24) is 4.90 Å². The number of rotatable bonds is 0. The summed E-state index contributed by atoms with van der Waals surface area (Å²) < 4.78 is 0. The van der Waals surface area contributed by atoms with Crippen molar-refractivity contribution in [2.75, 3.05) is 13.1 Å². The molecule has 1 aliphatic heterocycles. The third-order valence-corrected chi connectivity index (χ3v) is 4.12. The first-order valence-electron chi connectivity index (χ1n) is 5.52. The van der Waals surface area contributed by atoms with Gasteiger partial charge in [0.15, 0.2) is 0 Å². The van der Waals surface area contributed by atoms with Gasteiger partial charge in [-0.2, -0.15) is 0 Å². The van der Waals surface area contributed by atoms with E-state index in [9.17, 15) is 4.79 Å². The minimum absolute atomic E-state index is 0.223. The van der Waals surface area contributed by atoms with E-state index in [2.05, 4.69) is 27.7 Å². The molecule has 2 heteroatoms. The van der Waals surface area contributed by atoms with Crippen molar-refractivity contribution in [2.24, 2.45) is 10.8 Å². The molecule has 0 spiro atoms. The Hall–Kier alpha value is -0.530. The molecule has 1 aliphatic rings. The smallest absolute Gasteiger partial charge is 0.219 e. The Morgan fingerprint density at radius 3 is 1.93 bits per heavy atom. The highest BCUT2D eigenvalue weighted by molar-refractivity contribution is 5.73. The molecule has 0 aromatic heterocycles. The van der Waals surface area contributed by atoms with Crippen LogP contribution in [-0.2, 0) is 4.79 Å². The van der Waals surface area contributed by atoms with Crippen molar-refractivity contribution in [3.05, 3.63) is 0 Å². The second-order valence-electron chi connectivity index (χ2n) is 5.82. The van der Waals surface area contributed by atoms with Gasteiger partial charge in [-0.05, 0) is 23.7 Å². The molecule has 14 heavy (non-hydrogen) atoms. The minimum Gasteiger partial charge on any atom is -0.343 e. The molecule has 1 fully saturated rings. The van der Waals surface area contributed by atoms with Gasteiger partial charge in [0.1, 0.15) is 0 Å². The van der Waals surface area contributed by atoms with Crippen molar-refractivity contribution in [1.29, 1.82) is 0 Å². The maximum Gasteiger partial charge on any atom is 0.219 e. The minimum atomic E-state index is 0.223. The predicted molar refractivity (Wildman–Crippen MR) is 59.1 cm³/mol. The van der Waals surface area contributed by atoms with Crippen molar-refractivity contribution in [3.8, 4) is 0 Å². The van der Waals surface area contributed by atoms with Crippen LogP contribution in [0.5, 0.6) is 0 Å². The zero-order chi connectivity index (χ0) is 11.0. The topological polar surface area (TPSA) is 20.3 Å². The van der Waals surface area contributed by atoms with Crippen LogP contribution >= 0.6 is 0 Å². The van der Waals surface area contributed by atoms with Crippen LogP contribution in [0.4, 0.5) is 0 Å². The van der Waals surface area contributed by atoms with Crippen molar-refractivity contribution < 1.29 is 4.79 Å². The number of hydrogen-bond acceptors (Lipinski definition) is 1. The highest BCUT2D eigenvalue weighted by Crippen LogP contribution is 2.46. The van der Waals surface area contributed by atoms with E-state index in [1.807, 2.05) is 4.90 Å². The van der Waals surface area contributed by atoms with Crippen LogP contribution in [0.2, 0.25) is 0 Å². The molecule has 82 valence electrons. The summed E-state index contributed by atoms with van der Waals surface area (Å²) >= 11 is 0. The highest BCUT2D eigenvalue weighted by Gasteiger charge is 2.40. The van der Waals surface area contributed by atoms with E-state index in [1.165, 1.54) is 0 Å². The molecule has 0 aromatic rings. The van der Waals surface area contributed by atoms with Gasteiger partial charge in [0.25, 0.3) is 0 Å². The first kappa shape index (κ1) is 11.5. The molecule has 0 unspecified atom stereocenters. The largest absolute Gasteiger partial charge is 0.343 e. The first-order valence-corrected chi connectivity index (χ1v) is 5.52. The Bertz CT molecular complexity index is 219. The lowest BCUT2D eigenvalue weighted by molar-refractivity contribution is -0.132. The van der Waals surface area contributed by atoms with E-state index in [1.54, 1.807) is 6.92 Å². The summed E-state index contributed by atoms with van der Waals surface area (Å²) in [6.07, 6.45) is 2.27. The Kier molecular flexibility index (Phi) is 2.93. The molecule has 0 atom stereocenters. The Labute approximate surface area is 87.7 Å². The van der Waals surface area contributed by atoms with Crippen LogP contribution in [-0.4, -0.2) is 23.9 Å². The van der Waals surface area contributed by atoms with E-state index < -0.39 is 0 Å². The van der Waals surface area contributed by atoms with E-state index in [0.717, 1.165) is 25.9 Å². The molecule has 1 saturated heterocycles. The normalized spacial score (nSPS) is 22.2. The number of hydrogen-bond donors (Lipinski definition) is 0. The Balaban J connectivity index is 2.62. The van der Waals surface area contributed by atoms with E-state index in [-0.39, 0.29) is 5.91 Å².